The largest absolute Gasteiger partial charge is 0.493 e. The van der Waals surface area contributed by atoms with Crippen molar-refractivity contribution in [3.05, 3.63) is 77.1 Å². The highest BCUT2D eigenvalue weighted by molar-refractivity contribution is 5.95. The van der Waals surface area contributed by atoms with Crippen molar-refractivity contribution < 1.29 is 42.5 Å². The van der Waals surface area contributed by atoms with E-state index in [1.54, 1.807) is 35.2 Å². The first kappa shape index (κ1) is 28.1. The third-order valence-electron chi connectivity index (χ3n) is 7.50. The number of nitrogens with zero attached hydrogens (tertiary/aromatic N) is 1. The maximum atomic E-state index is 14.6. The third kappa shape index (κ3) is 6.42. The number of amides is 3. The van der Waals surface area contributed by atoms with Gasteiger partial charge in [-0.25, -0.2) is 4.39 Å². The van der Waals surface area contributed by atoms with Crippen LogP contribution >= 0.6 is 0 Å². The van der Waals surface area contributed by atoms with Gasteiger partial charge in [-0.1, -0.05) is 6.07 Å². The first-order valence-corrected chi connectivity index (χ1v) is 13.9. The normalized spacial score (nSPS) is 19.7. The summed E-state index contributed by atoms with van der Waals surface area (Å²) in [5.74, 6) is 0.516. The van der Waals surface area contributed by atoms with E-state index in [0.29, 0.717) is 35.8 Å². The van der Waals surface area contributed by atoms with Gasteiger partial charge >= 0.3 is 0 Å². The summed E-state index contributed by atoms with van der Waals surface area (Å²) in [7, 11) is 1.45. The Morgan fingerprint density at radius 1 is 1.02 bits per heavy atom. The minimum Gasteiger partial charge on any atom is -0.493 e. The molecule has 2 N–H and O–H groups in total. The Hall–Kier alpha value is -5.00. The molecule has 3 amide bonds. The molecular formula is C31H30FN3O8. The van der Waals surface area contributed by atoms with E-state index in [1.165, 1.54) is 25.3 Å². The van der Waals surface area contributed by atoms with Gasteiger partial charge in [0, 0.05) is 37.7 Å². The summed E-state index contributed by atoms with van der Waals surface area (Å²) in [6.45, 7) is 0.378. The average Bonchev–Trinajstić information content (AvgIpc) is 3.47. The van der Waals surface area contributed by atoms with Gasteiger partial charge < -0.3 is 39.2 Å². The van der Waals surface area contributed by atoms with Gasteiger partial charge in [0.05, 0.1) is 19.6 Å². The van der Waals surface area contributed by atoms with Crippen molar-refractivity contribution in [3.63, 3.8) is 0 Å². The first-order valence-electron chi connectivity index (χ1n) is 13.9. The Morgan fingerprint density at radius 2 is 1.88 bits per heavy atom. The van der Waals surface area contributed by atoms with Crippen LogP contribution in [0, 0.1) is 5.82 Å². The highest BCUT2D eigenvalue weighted by Gasteiger charge is 2.34. The molecule has 0 saturated carbocycles. The molecule has 6 rings (SSSR count). The van der Waals surface area contributed by atoms with Gasteiger partial charge in [0.1, 0.15) is 17.7 Å². The molecule has 3 aliphatic heterocycles. The van der Waals surface area contributed by atoms with Crippen LogP contribution in [0.1, 0.15) is 27.9 Å². The number of hydrogen-bond donors (Lipinski definition) is 2. The van der Waals surface area contributed by atoms with E-state index in [1.807, 2.05) is 6.07 Å². The molecule has 0 spiro atoms. The zero-order valence-corrected chi connectivity index (χ0v) is 23.4. The zero-order chi connectivity index (χ0) is 29.9. The second kappa shape index (κ2) is 12.1. The molecule has 3 heterocycles. The molecule has 11 nitrogen and oxygen atoms in total. The number of carbonyl (C=O) groups excluding carboxylic acids is 3. The predicted molar refractivity (Wildman–Crippen MR) is 150 cm³/mol. The zero-order valence-electron chi connectivity index (χ0n) is 23.4. The SMILES string of the molecule is COc1ccc2cc1OCC(=O)N[C@@H]1CN(C(=O)Cc3ccc4c(c3)OCO4)CC[C@@H]1Oc1cc(F)cc(c1)CNC2=O. The lowest BCUT2D eigenvalue weighted by Gasteiger charge is -2.39. The lowest BCUT2D eigenvalue weighted by Crippen LogP contribution is -2.58. The standard InChI is InChI=1S/C31H30FN3O8/c1-39-25-5-3-20-12-28(25)40-16-29(36)34-23-15-35(30(37)11-18-2-4-26-27(10-18)42-17-41-26)7-6-24(23)43-22-9-19(8-21(32)13-22)14-33-31(20)38/h2-5,8-10,12-13,23-24H,6-7,11,14-17H2,1H3,(H,33,38)(H,34,36)/t23-,24+/m1/s1. The number of methoxy groups -OCH3 is 1. The quantitative estimate of drug-likeness (QED) is 0.477. The van der Waals surface area contributed by atoms with Crippen LogP contribution in [-0.4, -0.2) is 68.4 Å². The van der Waals surface area contributed by atoms with Crippen LogP contribution in [0.15, 0.2) is 54.6 Å². The van der Waals surface area contributed by atoms with E-state index in [0.717, 1.165) is 5.56 Å². The number of nitrogens with one attached hydrogen (secondary N) is 2. The van der Waals surface area contributed by atoms with E-state index in [4.69, 9.17) is 23.7 Å². The first-order chi connectivity index (χ1) is 20.8. The van der Waals surface area contributed by atoms with Crippen molar-refractivity contribution in [1.82, 2.24) is 15.5 Å². The van der Waals surface area contributed by atoms with Crippen LogP contribution in [0.4, 0.5) is 4.39 Å². The molecule has 3 aliphatic rings. The number of ether oxygens (including phenoxy) is 5. The van der Waals surface area contributed by atoms with Gasteiger partial charge in [0.2, 0.25) is 12.7 Å². The van der Waals surface area contributed by atoms with Crippen LogP contribution in [0.25, 0.3) is 0 Å². The highest BCUT2D eigenvalue weighted by Crippen LogP contribution is 2.33. The summed E-state index contributed by atoms with van der Waals surface area (Å²) in [5, 5.41) is 5.69. The molecule has 3 aromatic rings. The fraction of sp³-hybridized carbons (Fsp3) is 0.323. The number of benzene rings is 3. The molecule has 1 saturated heterocycles. The molecule has 3 aromatic carbocycles. The second-order valence-electron chi connectivity index (χ2n) is 10.5. The van der Waals surface area contributed by atoms with Gasteiger partial charge in [-0.2, -0.15) is 0 Å². The summed E-state index contributed by atoms with van der Waals surface area (Å²) in [4.78, 5) is 40.9. The molecule has 43 heavy (non-hydrogen) atoms. The lowest BCUT2D eigenvalue weighted by molar-refractivity contribution is -0.135. The average molecular weight is 592 g/mol. The third-order valence-corrected chi connectivity index (χ3v) is 7.50. The fourth-order valence-corrected chi connectivity index (χ4v) is 5.35. The van der Waals surface area contributed by atoms with Gasteiger partial charge in [-0.05, 0) is 53.6 Å². The minimum absolute atomic E-state index is 0.0577. The number of carbonyl (C=O) groups is 3. The second-order valence-corrected chi connectivity index (χ2v) is 10.5. The number of likely N-dealkylation sites (tertiary alicyclic amines) is 1. The molecule has 1 fully saturated rings. The Balaban J connectivity index is 1.23. The predicted octanol–water partition coefficient (Wildman–Crippen LogP) is 2.59. The number of fused-ring (bicyclic) bond motifs is 6. The van der Waals surface area contributed by atoms with E-state index in [-0.39, 0.29) is 55.9 Å². The smallest absolute Gasteiger partial charge is 0.258 e. The van der Waals surface area contributed by atoms with Crippen molar-refractivity contribution in [2.45, 2.75) is 31.5 Å². The van der Waals surface area contributed by atoms with Crippen LogP contribution in [0.5, 0.6) is 28.7 Å². The van der Waals surface area contributed by atoms with Crippen LogP contribution in [-0.2, 0) is 22.6 Å². The summed E-state index contributed by atoms with van der Waals surface area (Å²) < 4.78 is 42.6. The van der Waals surface area contributed by atoms with E-state index in [2.05, 4.69) is 10.6 Å². The minimum atomic E-state index is -0.613. The van der Waals surface area contributed by atoms with E-state index in [9.17, 15) is 18.8 Å². The van der Waals surface area contributed by atoms with E-state index < -0.39 is 29.8 Å². The molecule has 0 unspecified atom stereocenters. The van der Waals surface area contributed by atoms with Crippen molar-refractivity contribution >= 4 is 17.7 Å². The summed E-state index contributed by atoms with van der Waals surface area (Å²) in [6.07, 6.45) is -0.0355. The Morgan fingerprint density at radius 3 is 2.74 bits per heavy atom. The van der Waals surface area contributed by atoms with Gasteiger partial charge in [-0.3, -0.25) is 14.4 Å². The maximum Gasteiger partial charge on any atom is 0.258 e. The molecular weight excluding hydrogens is 561 g/mol. The van der Waals surface area contributed by atoms with Crippen molar-refractivity contribution in [1.29, 1.82) is 0 Å². The van der Waals surface area contributed by atoms with Gasteiger partial charge in [-0.15, -0.1) is 0 Å². The molecule has 224 valence electrons. The van der Waals surface area contributed by atoms with Crippen molar-refractivity contribution in [3.8, 4) is 28.7 Å². The Labute approximate surface area is 246 Å². The number of rotatable bonds is 3. The number of halogens is 1. The number of hydrogen-bond acceptors (Lipinski definition) is 8. The van der Waals surface area contributed by atoms with Gasteiger partial charge in [0.15, 0.2) is 29.6 Å². The molecule has 0 radical (unpaired) electrons. The summed E-state index contributed by atoms with van der Waals surface area (Å²) in [6, 6.07) is 13.6. The lowest BCUT2D eigenvalue weighted by atomic mass is 10.00. The molecule has 0 aromatic heterocycles. The summed E-state index contributed by atoms with van der Waals surface area (Å²) >= 11 is 0. The molecule has 12 heteroatoms. The molecule has 0 aliphatic carbocycles. The van der Waals surface area contributed by atoms with Crippen molar-refractivity contribution in [2.24, 2.45) is 0 Å². The fourth-order valence-electron chi connectivity index (χ4n) is 5.35. The maximum absolute atomic E-state index is 14.6. The number of piperidine rings is 1. The van der Waals surface area contributed by atoms with Crippen LogP contribution in [0.3, 0.4) is 0 Å². The van der Waals surface area contributed by atoms with Gasteiger partial charge in [0.25, 0.3) is 11.8 Å². The Bertz CT molecular complexity index is 1560. The highest BCUT2D eigenvalue weighted by atomic mass is 19.1. The topological polar surface area (TPSA) is 125 Å². The Kier molecular flexibility index (Phi) is 7.91. The summed E-state index contributed by atoms with van der Waals surface area (Å²) in [5.41, 5.74) is 1.55. The van der Waals surface area contributed by atoms with E-state index >= 15 is 0 Å². The van der Waals surface area contributed by atoms with Crippen LogP contribution in [0.2, 0.25) is 0 Å². The van der Waals surface area contributed by atoms with Crippen molar-refractivity contribution in [2.75, 3.05) is 33.6 Å². The molecule has 2 atom stereocenters. The van der Waals surface area contributed by atoms with Crippen LogP contribution < -0.4 is 34.3 Å². The molecule has 4 bridgehead atoms. The monoisotopic (exact) mass is 591 g/mol.